The summed E-state index contributed by atoms with van der Waals surface area (Å²) in [6, 6.07) is 12.1. The molecule has 3 aliphatic rings. The molecule has 1 aliphatic heterocycles. The highest BCUT2D eigenvalue weighted by atomic mass is 16.6. The Hall–Kier alpha value is -4.25. The average molecular weight is 732 g/mol. The van der Waals surface area contributed by atoms with Gasteiger partial charge in [-0.3, -0.25) is 19.2 Å². The number of likely N-dealkylation sites (tertiary alicyclic amines) is 1. The first-order valence-electron chi connectivity index (χ1n) is 19.2. The molecule has 288 valence electrons. The highest BCUT2D eigenvalue weighted by Gasteiger charge is 2.55. The van der Waals surface area contributed by atoms with Gasteiger partial charge in [-0.05, 0) is 74.6 Å². The maximum absolute atomic E-state index is 14.6. The van der Waals surface area contributed by atoms with Gasteiger partial charge in [0.2, 0.25) is 17.7 Å². The van der Waals surface area contributed by atoms with Gasteiger partial charge in [0.25, 0.3) is 0 Å². The molecule has 0 spiro atoms. The van der Waals surface area contributed by atoms with Crippen LogP contribution in [-0.2, 0) is 44.8 Å². The van der Waals surface area contributed by atoms with Crippen molar-refractivity contribution in [2.24, 2.45) is 17.8 Å². The van der Waals surface area contributed by atoms with Crippen LogP contribution in [0.1, 0.15) is 98.0 Å². The lowest BCUT2D eigenvalue weighted by Crippen LogP contribution is -2.58. The predicted octanol–water partition coefficient (Wildman–Crippen LogP) is 5.77. The quantitative estimate of drug-likeness (QED) is 0.174. The molecule has 3 amide bonds. The summed E-state index contributed by atoms with van der Waals surface area (Å²) in [7, 11) is 0. The number of ether oxygens (including phenoxy) is 3. The molecule has 0 bridgehead atoms. The number of rotatable bonds is 15. The Bertz CT molecular complexity index is 1650. The molecule has 2 N–H and O–H groups in total. The molecular formula is C42H57N3O8. The summed E-state index contributed by atoms with van der Waals surface area (Å²) in [6.45, 7) is 13.1. The van der Waals surface area contributed by atoms with Gasteiger partial charge in [-0.2, -0.15) is 0 Å². The Morgan fingerprint density at radius 3 is 2.36 bits per heavy atom. The molecule has 3 fully saturated rings. The molecule has 0 aromatic heterocycles. The summed E-state index contributed by atoms with van der Waals surface area (Å²) in [5, 5.41) is 8.06. The summed E-state index contributed by atoms with van der Waals surface area (Å²) in [6.07, 6.45) is 6.66. The minimum absolute atomic E-state index is 0.00748. The summed E-state index contributed by atoms with van der Waals surface area (Å²) >= 11 is 0. The largest absolute Gasteiger partial charge is 0.460 e. The summed E-state index contributed by atoms with van der Waals surface area (Å²) in [5.74, 6) is -3.21. The van der Waals surface area contributed by atoms with Gasteiger partial charge >= 0.3 is 11.9 Å². The van der Waals surface area contributed by atoms with Crippen LogP contribution in [0.4, 0.5) is 0 Å². The zero-order valence-corrected chi connectivity index (χ0v) is 32.0. The molecule has 1 saturated heterocycles. The van der Waals surface area contributed by atoms with Crippen LogP contribution in [0.5, 0.6) is 0 Å². The van der Waals surface area contributed by atoms with Crippen LogP contribution in [-0.4, -0.2) is 77.0 Å². The fourth-order valence-corrected chi connectivity index (χ4v) is 7.66. The maximum atomic E-state index is 14.6. The van der Waals surface area contributed by atoms with Gasteiger partial charge in [-0.1, -0.05) is 88.2 Å². The molecule has 5 rings (SSSR count). The third-order valence-electron chi connectivity index (χ3n) is 10.6. The molecule has 0 radical (unpaired) electrons. The van der Waals surface area contributed by atoms with E-state index in [2.05, 4.69) is 17.2 Å². The average Bonchev–Trinajstić information content (AvgIpc) is 3.78. The van der Waals surface area contributed by atoms with E-state index in [1.165, 1.54) is 11.0 Å². The SMILES string of the molecule is C=CCOC(=O)C1(NC(=O)[C@@H]2C[C@@H](OCc3cccc4ccccc34)CN2C(=O)[C@@H](NC(=O)[C@@H](CC(=O)OC(C)(C)C)C2CCCCC2)C(C)C)CC1. The standard InChI is InChI=1S/C42H57N3O8/c1-7-22-51-40(50)42(20-21-42)44-38(48)34-23-31(52-26-30-18-13-17-28-16-11-12-19-32(28)30)25-45(34)39(49)36(27(2)3)43-37(47)33(29-14-9-8-10-15-29)24-35(46)53-41(4,5)6/h7,11-13,16-19,27,29,31,33-34,36H,1,8-10,14-15,20-26H2,2-6H3,(H,43,47)(H,44,48)/t31-,33+,34+,36+/m1/s1. The van der Waals surface area contributed by atoms with Crippen molar-refractivity contribution in [3.8, 4) is 0 Å². The van der Waals surface area contributed by atoms with Crippen LogP contribution >= 0.6 is 0 Å². The highest BCUT2D eigenvalue weighted by molar-refractivity contribution is 5.97. The third-order valence-corrected chi connectivity index (χ3v) is 10.6. The van der Waals surface area contributed by atoms with Gasteiger partial charge in [0.15, 0.2) is 0 Å². The van der Waals surface area contributed by atoms with Gasteiger partial charge < -0.3 is 29.7 Å². The lowest BCUT2D eigenvalue weighted by molar-refractivity contribution is -0.158. The van der Waals surface area contributed by atoms with Gasteiger partial charge in [0.1, 0.15) is 29.8 Å². The third kappa shape index (κ3) is 10.2. The van der Waals surface area contributed by atoms with Crippen molar-refractivity contribution in [3.63, 3.8) is 0 Å². The van der Waals surface area contributed by atoms with Crippen LogP contribution < -0.4 is 10.6 Å². The molecule has 11 nitrogen and oxygen atoms in total. The minimum atomic E-state index is -1.14. The monoisotopic (exact) mass is 731 g/mol. The van der Waals surface area contributed by atoms with E-state index in [9.17, 15) is 24.0 Å². The number of hydrogen-bond acceptors (Lipinski definition) is 8. The highest BCUT2D eigenvalue weighted by Crippen LogP contribution is 2.38. The van der Waals surface area contributed by atoms with Crippen molar-refractivity contribution in [3.05, 3.63) is 60.7 Å². The lowest BCUT2D eigenvalue weighted by atomic mass is 9.78. The molecule has 2 aromatic rings. The molecule has 1 heterocycles. The summed E-state index contributed by atoms with van der Waals surface area (Å²) in [4.78, 5) is 70.1. The second-order valence-corrected chi connectivity index (χ2v) is 16.3. The molecule has 0 unspecified atom stereocenters. The molecular weight excluding hydrogens is 674 g/mol. The number of amides is 3. The van der Waals surface area contributed by atoms with Crippen LogP contribution in [0, 0.1) is 17.8 Å². The number of nitrogens with one attached hydrogen (secondary N) is 2. The number of nitrogens with zero attached hydrogens (tertiary/aromatic N) is 1. The topological polar surface area (TPSA) is 140 Å². The lowest BCUT2D eigenvalue weighted by Gasteiger charge is -2.34. The smallest absolute Gasteiger partial charge is 0.332 e. The minimum Gasteiger partial charge on any atom is -0.460 e. The van der Waals surface area contributed by atoms with E-state index in [1.807, 2.05) is 56.3 Å². The fraction of sp³-hybridized carbons (Fsp3) is 0.595. The van der Waals surface area contributed by atoms with Gasteiger partial charge in [-0.15, -0.1) is 0 Å². The first-order valence-corrected chi connectivity index (χ1v) is 19.2. The fourth-order valence-electron chi connectivity index (χ4n) is 7.66. The van der Waals surface area contributed by atoms with Gasteiger partial charge in [0, 0.05) is 13.0 Å². The zero-order valence-electron chi connectivity index (χ0n) is 32.0. The molecule has 2 aromatic carbocycles. The van der Waals surface area contributed by atoms with Crippen LogP contribution in [0.3, 0.4) is 0 Å². The predicted molar refractivity (Wildman–Crippen MR) is 201 cm³/mol. The van der Waals surface area contributed by atoms with Gasteiger partial charge in [-0.25, -0.2) is 4.79 Å². The van der Waals surface area contributed by atoms with Crippen LogP contribution in [0.2, 0.25) is 0 Å². The second-order valence-electron chi connectivity index (χ2n) is 16.3. The Morgan fingerprint density at radius 2 is 1.70 bits per heavy atom. The number of esters is 2. The van der Waals surface area contributed by atoms with E-state index >= 15 is 0 Å². The van der Waals surface area contributed by atoms with E-state index in [-0.39, 0.29) is 50.3 Å². The van der Waals surface area contributed by atoms with Crippen molar-refractivity contribution in [1.29, 1.82) is 0 Å². The first kappa shape index (κ1) is 39.9. The van der Waals surface area contributed by atoms with E-state index in [4.69, 9.17) is 14.2 Å². The Balaban J connectivity index is 1.36. The van der Waals surface area contributed by atoms with E-state index in [0.29, 0.717) is 12.8 Å². The first-order chi connectivity index (χ1) is 25.2. The zero-order chi connectivity index (χ0) is 38.3. The number of carbonyl (C=O) groups excluding carboxylic acids is 5. The van der Waals surface area contributed by atoms with E-state index in [1.54, 1.807) is 20.8 Å². The van der Waals surface area contributed by atoms with Crippen molar-refractivity contribution in [1.82, 2.24) is 15.5 Å². The molecule has 2 aliphatic carbocycles. The van der Waals surface area contributed by atoms with Crippen molar-refractivity contribution < 1.29 is 38.2 Å². The summed E-state index contributed by atoms with van der Waals surface area (Å²) in [5.41, 5.74) is -0.848. The molecule has 53 heavy (non-hydrogen) atoms. The molecule has 4 atom stereocenters. The van der Waals surface area contributed by atoms with Crippen LogP contribution in [0.15, 0.2) is 55.1 Å². The normalized spacial score (nSPS) is 21.1. The Kier molecular flexibility index (Phi) is 13.0. The number of fused-ring (bicyclic) bond motifs is 1. The van der Waals surface area contributed by atoms with Crippen molar-refractivity contribution in [2.45, 2.75) is 128 Å². The number of hydrogen-bond donors (Lipinski definition) is 2. The molecule has 11 heteroatoms. The van der Waals surface area contributed by atoms with Crippen LogP contribution in [0.25, 0.3) is 10.8 Å². The maximum Gasteiger partial charge on any atom is 0.332 e. The van der Waals surface area contributed by atoms with Crippen molar-refractivity contribution >= 4 is 40.4 Å². The van der Waals surface area contributed by atoms with Gasteiger partial charge in [0.05, 0.1) is 25.0 Å². The number of carbonyl (C=O) groups is 5. The Labute approximate surface area is 313 Å². The van der Waals surface area contributed by atoms with Crippen molar-refractivity contribution in [2.75, 3.05) is 13.2 Å². The number of benzene rings is 2. The van der Waals surface area contributed by atoms with E-state index in [0.717, 1.165) is 48.4 Å². The summed E-state index contributed by atoms with van der Waals surface area (Å²) < 4.78 is 17.3. The van der Waals surface area contributed by atoms with E-state index < -0.39 is 59.0 Å². The Morgan fingerprint density at radius 1 is 1.00 bits per heavy atom. The second kappa shape index (κ2) is 17.3. The molecule has 2 saturated carbocycles.